The second-order valence-electron chi connectivity index (χ2n) is 3.30. The molecule has 0 saturated heterocycles. The lowest BCUT2D eigenvalue weighted by atomic mass is 10.4. The molecule has 2 aromatic rings. The lowest BCUT2D eigenvalue weighted by molar-refractivity contribution is 0.472. The Morgan fingerprint density at radius 2 is 2.40 bits per heavy atom. The van der Waals surface area contributed by atoms with Crippen molar-refractivity contribution < 1.29 is 4.42 Å². The van der Waals surface area contributed by atoms with Crippen LogP contribution >= 0.6 is 0 Å². The van der Waals surface area contributed by atoms with Crippen molar-refractivity contribution in [1.29, 1.82) is 0 Å². The number of rotatable bonds is 6. The Morgan fingerprint density at radius 3 is 3.13 bits per heavy atom. The van der Waals surface area contributed by atoms with E-state index in [0.717, 1.165) is 31.8 Å². The molecule has 1 N–H and O–H groups in total. The highest BCUT2D eigenvalue weighted by Gasteiger charge is 1.95. The van der Waals surface area contributed by atoms with Crippen molar-refractivity contribution in [1.82, 2.24) is 19.9 Å². The minimum atomic E-state index is 0.740. The average molecular weight is 206 g/mol. The molecule has 0 bridgehead atoms. The number of oxazole rings is 1. The van der Waals surface area contributed by atoms with E-state index in [-0.39, 0.29) is 0 Å². The molecule has 0 aliphatic heterocycles. The highest BCUT2D eigenvalue weighted by Crippen LogP contribution is 1.95. The van der Waals surface area contributed by atoms with Crippen LogP contribution in [-0.2, 0) is 13.1 Å². The first-order valence-electron chi connectivity index (χ1n) is 4.99. The van der Waals surface area contributed by atoms with E-state index in [2.05, 4.69) is 19.9 Å². The minimum Gasteiger partial charge on any atom is -0.447 e. The SMILES string of the molecule is c1cn(CCCNCc2cnco2)cn1. The lowest BCUT2D eigenvalue weighted by Gasteiger charge is -2.03. The van der Waals surface area contributed by atoms with E-state index in [1.807, 2.05) is 12.5 Å². The Labute approximate surface area is 88.2 Å². The van der Waals surface area contributed by atoms with E-state index in [1.165, 1.54) is 6.39 Å². The molecule has 0 amide bonds. The molecule has 0 unspecified atom stereocenters. The quantitative estimate of drug-likeness (QED) is 0.718. The maximum Gasteiger partial charge on any atom is 0.180 e. The predicted octanol–water partition coefficient (Wildman–Crippen LogP) is 1.05. The second kappa shape index (κ2) is 5.31. The summed E-state index contributed by atoms with van der Waals surface area (Å²) in [5.74, 6) is 0.873. The Bertz CT molecular complexity index is 318. The van der Waals surface area contributed by atoms with E-state index in [9.17, 15) is 0 Å². The van der Waals surface area contributed by atoms with Gasteiger partial charge >= 0.3 is 0 Å². The van der Waals surface area contributed by atoms with Gasteiger partial charge in [-0.2, -0.15) is 0 Å². The van der Waals surface area contributed by atoms with Crippen molar-refractivity contribution in [3.63, 3.8) is 0 Å². The first-order chi connectivity index (χ1) is 7.45. The predicted molar refractivity (Wildman–Crippen MR) is 55.1 cm³/mol. The summed E-state index contributed by atoms with van der Waals surface area (Å²) >= 11 is 0. The average Bonchev–Trinajstić information content (AvgIpc) is 2.88. The van der Waals surface area contributed by atoms with Crippen molar-refractivity contribution in [3.05, 3.63) is 37.1 Å². The lowest BCUT2D eigenvalue weighted by Crippen LogP contribution is -2.15. The molecule has 0 radical (unpaired) electrons. The van der Waals surface area contributed by atoms with Gasteiger partial charge in [0, 0.05) is 18.9 Å². The number of nitrogens with one attached hydrogen (secondary N) is 1. The van der Waals surface area contributed by atoms with Crippen molar-refractivity contribution in [2.24, 2.45) is 0 Å². The molecule has 0 spiro atoms. The van der Waals surface area contributed by atoms with Crippen molar-refractivity contribution in [2.45, 2.75) is 19.5 Å². The topological polar surface area (TPSA) is 55.9 Å². The largest absolute Gasteiger partial charge is 0.447 e. The van der Waals surface area contributed by atoms with E-state index in [0.29, 0.717) is 0 Å². The van der Waals surface area contributed by atoms with Crippen LogP contribution in [0.1, 0.15) is 12.2 Å². The zero-order valence-electron chi connectivity index (χ0n) is 8.47. The van der Waals surface area contributed by atoms with Crippen LogP contribution in [0.4, 0.5) is 0 Å². The molecule has 0 aromatic carbocycles. The Hall–Kier alpha value is -1.62. The Morgan fingerprint density at radius 1 is 1.40 bits per heavy atom. The highest BCUT2D eigenvalue weighted by atomic mass is 16.3. The summed E-state index contributed by atoms with van der Waals surface area (Å²) in [7, 11) is 0. The Balaban J connectivity index is 1.56. The zero-order chi connectivity index (χ0) is 10.3. The summed E-state index contributed by atoms with van der Waals surface area (Å²) < 4.78 is 7.16. The van der Waals surface area contributed by atoms with Gasteiger partial charge in [-0.15, -0.1) is 0 Å². The van der Waals surface area contributed by atoms with Crippen LogP contribution in [-0.4, -0.2) is 21.1 Å². The fourth-order valence-electron chi connectivity index (χ4n) is 1.35. The molecule has 2 rings (SSSR count). The summed E-state index contributed by atoms with van der Waals surface area (Å²) in [4.78, 5) is 7.82. The zero-order valence-corrected chi connectivity index (χ0v) is 8.47. The molecule has 2 heterocycles. The molecule has 0 fully saturated rings. The molecule has 5 nitrogen and oxygen atoms in total. The number of hydrogen-bond acceptors (Lipinski definition) is 4. The minimum absolute atomic E-state index is 0.740. The van der Waals surface area contributed by atoms with Crippen LogP contribution in [0.25, 0.3) is 0 Å². The van der Waals surface area contributed by atoms with Gasteiger partial charge in [-0.05, 0) is 13.0 Å². The Kier molecular flexibility index (Phi) is 3.51. The normalized spacial score (nSPS) is 10.7. The fourth-order valence-corrected chi connectivity index (χ4v) is 1.35. The van der Waals surface area contributed by atoms with Crippen LogP contribution in [0.2, 0.25) is 0 Å². The first kappa shape index (κ1) is 9.92. The van der Waals surface area contributed by atoms with Gasteiger partial charge in [-0.3, -0.25) is 0 Å². The second-order valence-corrected chi connectivity index (χ2v) is 3.30. The third-order valence-electron chi connectivity index (χ3n) is 2.11. The summed E-state index contributed by atoms with van der Waals surface area (Å²) in [5, 5.41) is 3.28. The monoisotopic (exact) mass is 206 g/mol. The number of aryl methyl sites for hydroxylation is 1. The number of imidazole rings is 1. The standard InChI is InChI=1S/C10H14N4O/c1(4-14-5-3-12-8-14)2-11-6-10-7-13-9-15-10/h3,5,7-9,11H,1-2,4,6H2. The third-order valence-corrected chi connectivity index (χ3v) is 2.11. The maximum absolute atomic E-state index is 5.10. The van der Waals surface area contributed by atoms with Gasteiger partial charge in [-0.1, -0.05) is 0 Å². The molecule has 2 aromatic heterocycles. The fraction of sp³-hybridized carbons (Fsp3) is 0.400. The number of aromatic nitrogens is 3. The summed E-state index contributed by atoms with van der Waals surface area (Å²) in [6.07, 6.45) is 9.84. The van der Waals surface area contributed by atoms with E-state index in [4.69, 9.17) is 4.42 Å². The van der Waals surface area contributed by atoms with Gasteiger partial charge in [0.05, 0.1) is 19.1 Å². The van der Waals surface area contributed by atoms with Crippen LogP contribution in [0.3, 0.4) is 0 Å². The number of nitrogens with zero attached hydrogens (tertiary/aromatic N) is 3. The molecule has 0 saturated carbocycles. The molecule has 0 aliphatic carbocycles. The molecule has 0 atom stereocenters. The van der Waals surface area contributed by atoms with Crippen molar-refractivity contribution in [2.75, 3.05) is 6.54 Å². The summed E-state index contributed by atoms with van der Waals surface area (Å²) in [6, 6.07) is 0. The van der Waals surface area contributed by atoms with E-state index < -0.39 is 0 Å². The van der Waals surface area contributed by atoms with Crippen LogP contribution in [0.15, 0.2) is 35.7 Å². The first-order valence-corrected chi connectivity index (χ1v) is 4.99. The molecule has 15 heavy (non-hydrogen) atoms. The maximum atomic E-state index is 5.10. The van der Waals surface area contributed by atoms with E-state index in [1.54, 1.807) is 12.4 Å². The third kappa shape index (κ3) is 3.21. The van der Waals surface area contributed by atoms with Crippen LogP contribution in [0.5, 0.6) is 0 Å². The van der Waals surface area contributed by atoms with Crippen molar-refractivity contribution >= 4 is 0 Å². The molecular weight excluding hydrogens is 192 g/mol. The van der Waals surface area contributed by atoms with Crippen molar-refractivity contribution in [3.8, 4) is 0 Å². The summed E-state index contributed by atoms with van der Waals surface area (Å²) in [6.45, 7) is 2.69. The van der Waals surface area contributed by atoms with Gasteiger partial charge in [0.15, 0.2) is 6.39 Å². The van der Waals surface area contributed by atoms with Gasteiger partial charge in [0.1, 0.15) is 5.76 Å². The van der Waals surface area contributed by atoms with Gasteiger partial charge in [0.2, 0.25) is 0 Å². The van der Waals surface area contributed by atoms with E-state index >= 15 is 0 Å². The highest BCUT2D eigenvalue weighted by molar-refractivity contribution is 4.86. The molecule has 5 heteroatoms. The van der Waals surface area contributed by atoms with Gasteiger partial charge < -0.3 is 14.3 Å². The van der Waals surface area contributed by atoms with Crippen LogP contribution < -0.4 is 5.32 Å². The molecule has 0 aliphatic rings. The summed E-state index contributed by atoms with van der Waals surface area (Å²) in [5.41, 5.74) is 0. The van der Waals surface area contributed by atoms with Gasteiger partial charge in [0.25, 0.3) is 0 Å². The molecular formula is C10H14N4O. The van der Waals surface area contributed by atoms with Crippen LogP contribution in [0, 0.1) is 0 Å². The smallest absolute Gasteiger partial charge is 0.180 e. The number of hydrogen-bond donors (Lipinski definition) is 1. The van der Waals surface area contributed by atoms with Gasteiger partial charge in [-0.25, -0.2) is 9.97 Å². The molecule has 80 valence electrons.